The number of thioether (sulfide) groups is 2. The Morgan fingerprint density at radius 3 is 1.72 bits per heavy atom. The van der Waals surface area contributed by atoms with Crippen LogP contribution in [0, 0.1) is 0 Å². The maximum Gasteiger partial charge on any atom is 0.416 e. The highest BCUT2D eigenvalue weighted by molar-refractivity contribution is 7.99. The summed E-state index contributed by atoms with van der Waals surface area (Å²) in [5.41, 5.74) is 4.26. The van der Waals surface area contributed by atoms with Gasteiger partial charge in [0.25, 0.3) is 11.1 Å². The molecular weight excluding hydrogens is 738 g/mol. The number of rotatable bonds is 8. The zero-order valence-corrected chi connectivity index (χ0v) is 30.5. The van der Waals surface area contributed by atoms with E-state index in [-0.39, 0.29) is 23.7 Å². The number of carbonyl (C=O) groups is 2. The lowest BCUT2D eigenvalue weighted by atomic mass is 9.95. The van der Waals surface area contributed by atoms with Crippen LogP contribution in [0.5, 0.6) is 0 Å². The molecule has 2 aromatic heterocycles. The van der Waals surface area contributed by atoms with E-state index >= 15 is 0 Å². The largest absolute Gasteiger partial charge is 0.480 e. The number of fused-ring (bicyclic) bond motifs is 3. The number of alkyl halides is 3. The minimum absolute atomic E-state index is 0.193. The Morgan fingerprint density at radius 1 is 0.667 bits per heavy atom. The highest BCUT2D eigenvalue weighted by atomic mass is 32.2. The van der Waals surface area contributed by atoms with Gasteiger partial charge in [-0.05, 0) is 101 Å². The second-order valence-corrected chi connectivity index (χ2v) is 16.3. The van der Waals surface area contributed by atoms with Gasteiger partial charge in [-0.1, -0.05) is 60.7 Å². The number of aromatic nitrogens is 2. The first-order chi connectivity index (χ1) is 25.9. The maximum atomic E-state index is 13.0. The smallest absolute Gasteiger partial charge is 0.416 e. The first-order valence-electron chi connectivity index (χ1n) is 17.8. The number of carboxylic acids is 2. The Hall–Kier alpha value is -4.75. The lowest BCUT2D eigenvalue weighted by molar-refractivity contribution is -0.141. The molecule has 2 fully saturated rings. The van der Waals surface area contributed by atoms with E-state index in [0.717, 1.165) is 54.0 Å². The molecule has 3 aromatic carbocycles. The molecule has 2 atom stereocenters. The van der Waals surface area contributed by atoms with Gasteiger partial charge in [-0.2, -0.15) is 13.2 Å². The average molecular weight is 773 g/mol. The van der Waals surface area contributed by atoms with Crippen LogP contribution in [0.25, 0.3) is 10.8 Å². The summed E-state index contributed by atoms with van der Waals surface area (Å²) in [6.07, 6.45) is 0.624. The van der Waals surface area contributed by atoms with E-state index in [1.54, 1.807) is 12.1 Å². The van der Waals surface area contributed by atoms with E-state index in [9.17, 15) is 42.6 Å². The molecule has 2 saturated carbocycles. The van der Waals surface area contributed by atoms with Gasteiger partial charge < -0.3 is 10.2 Å². The summed E-state index contributed by atoms with van der Waals surface area (Å²) >= 11 is 2.87. The molecule has 4 aliphatic rings. The lowest BCUT2D eigenvalue weighted by Gasteiger charge is -2.17. The molecule has 5 aromatic rings. The van der Waals surface area contributed by atoms with E-state index in [1.807, 2.05) is 12.1 Å². The molecular formula is C41H35F3N2O6S2. The van der Waals surface area contributed by atoms with Gasteiger partial charge in [-0.15, -0.1) is 23.5 Å². The van der Waals surface area contributed by atoms with Crippen LogP contribution in [-0.2, 0) is 28.6 Å². The zero-order chi connectivity index (χ0) is 37.9. The van der Waals surface area contributed by atoms with Gasteiger partial charge in [-0.3, -0.25) is 18.7 Å². The fraction of sp³-hybridized carbons (Fsp3) is 0.317. The third kappa shape index (κ3) is 6.99. The maximum absolute atomic E-state index is 13.0. The molecule has 0 spiro atoms. The van der Waals surface area contributed by atoms with Gasteiger partial charge >= 0.3 is 18.1 Å². The predicted molar refractivity (Wildman–Crippen MR) is 201 cm³/mol. The van der Waals surface area contributed by atoms with Crippen LogP contribution in [0.2, 0.25) is 0 Å². The van der Waals surface area contributed by atoms with Crippen molar-refractivity contribution in [3.63, 3.8) is 0 Å². The van der Waals surface area contributed by atoms with Crippen LogP contribution in [-0.4, -0.2) is 42.8 Å². The molecule has 278 valence electrons. The van der Waals surface area contributed by atoms with Crippen molar-refractivity contribution in [2.45, 2.75) is 78.7 Å². The topological polar surface area (TPSA) is 119 Å². The molecule has 0 amide bonds. The number of nitrogens with zero attached hydrogens (tertiary/aromatic N) is 2. The summed E-state index contributed by atoms with van der Waals surface area (Å²) in [4.78, 5) is 48.4. The normalized spacial score (nSPS) is 18.9. The van der Waals surface area contributed by atoms with Crippen molar-refractivity contribution in [1.29, 1.82) is 0 Å². The fourth-order valence-electron chi connectivity index (χ4n) is 7.68. The van der Waals surface area contributed by atoms with Gasteiger partial charge in [0.15, 0.2) is 0 Å². The molecule has 2 aliphatic heterocycles. The third-order valence-corrected chi connectivity index (χ3v) is 12.8. The van der Waals surface area contributed by atoms with Crippen LogP contribution in [0.15, 0.2) is 98.5 Å². The van der Waals surface area contributed by atoms with Crippen molar-refractivity contribution in [2.24, 2.45) is 0 Å². The molecule has 4 heterocycles. The van der Waals surface area contributed by atoms with Crippen molar-refractivity contribution in [3.8, 4) is 0 Å². The van der Waals surface area contributed by atoms with Gasteiger partial charge in [0.05, 0.1) is 15.6 Å². The molecule has 54 heavy (non-hydrogen) atoms. The van der Waals surface area contributed by atoms with Gasteiger partial charge in [0.1, 0.15) is 12.1 Å². The fourth-order valence-corrected chi connectivity index (χ4v) is 10.5. The van der Waals surface area contributed by atoms with Gasteiger partial charge in [0.2, 0.25) is 0 Å². The minimum Gasteiger partial charge on any atom is -0.480 e. The van der Waals surface area contributed by atoms with Crippen LogP contribution >= 0.6 is 23.5 Å². The third-order valence-electron chi connectivity index (χ3n) is 10.5. The first-order valence-corrected chi connectivity index (χ1v) is 19.8. The Balaban J connectivity index is 0.000000153. The molecule has 0 saturated heterocycles. The van der Waals surface area contributed by atoms with E-state index in [1.165, 1.54) is 66.7 Å². The van der Waals surface area contributed by atoms with Crippen LogP contribution in [0.3, 0.4) is 0 Å². The van der Waals surface area contributed by atoms with Gasteiger partial charge in [-0.25, -0.2) is 9.59 Å². The molecule has 13 heteroatoms. The lowest BCUT2D eigenvalue weighted by Crippen LogP contribution is -2.29. The number of aliphatic carboxylic acids is 2. The highest BCUT2D eigenvalue weighted by Crippen LogP contribution is 2.50. The summed E-state index contributed by atoms with van der Waals surface area (Å²) in [6, 6.07) is 21.1. The minimum atomic E-state index is -4.42. The van der Waals surface area contributed by atoms with Crippen LogP contribution in [0.4, 0.5) is 13.2 Å². The summed E-state index contributed by atoms with van der Waals surface area (Å²) in [7, 11) is 0. The van der Waals surface area contributed by atoms with Crippen LogP contribution in [0.1, 0.15) is 88.5 Å². The Morgan fingerprint density at radius 2 is 1.19 bits per heavy atom. The van der Waals surface area contributed by atoms with E-state index in [4.69, 9.17) is 0 Å². The SMILES string of the molecule is O=C(O)C1CSc2c(C3CC3)c(Cc3cccc(C(F)(F)F)c3)cc(=O)n21.O=C(O)[C@@H]1CSc2c(C3CC3)c(Cc3cccc4ccccc34)cc(=O)n21. The average Bonchev–Trinajstić information content (AvgIpc) is 4.06. The summed E-state index contributed by atoms with van der Waals surface area (Å²) in [6.45, 7) is 0. The van der Waals surface area contributed by atoms with Crippen molar-refractivity contribution in [1.82, 2.24) is 9.13 Å². The zero-order valence-electron chi connectivity index (χ0n) is 28.8. The number of benzene rings is 3. The predicted octanol–water partition coefficient (Wildman–Crippen LogP) is 8.27. The number of hydrogen-bond acceptors (Lipinski definition) is 6. The summed E-state index contributed by atoms with van der Waals surface area (Å²) in [5.74, 6) is -0.550. The number of carboxylic acid groups (broad SMARTS) is 2. The highest BCUT2D eigenvalue weighted by Gasteiger charge is 2.39. The van der Waals surface area contributed by atoms with Gasteiger partial charge in [0, 0.05) is 23.6 Å². The Bertz CT molecular complexity index is 2450. The van der Waals surface area contributed by atoms with Crippen molar-refractivity contribution < 1.29 is 33.0 Å². The second kappa shape index (κ2) is 14.2. The molecule has 0 bridgehead atoms. The molecule has 2 aliphatic carbocycles. The summed E-state index contributed by atoms with van der Waals surface area (Å²) < 4.78 is 41.8. The molecule has 0 radical (unpaired) electrons. The van der Waals surface area contributed by atoms with E-state index < -0.39 is 41.3 Å². The number of hydrogen-bond donors (Lipinski definition) is 2. The Labute approximate surface area is 316 Å². The molecule has 8 nitrogen and oxygen atoms in total. The summed E-state index contributed by atoms with van der Waals surface area (Å²) in [5, 5.41) is 22.8. The van der Waals surface area contributed by atoms with E-state index in [2.05, 4.69) is 30.3 Å². The van der Waals surface area contributed by atoms with Crippen LogP contribution < -0.4 is 11.1 Å². The monoisotopic (exact) mass is 772 g/mol. The quantitative estimate of drug-likeness (QED) is 0.162. The van der Waals surface area contributed by atoms with Crippen molar-refractivity contribution in [2.75, 3.05) is 11.5 Å². The van der Waals surface area contributed by atoms with E-state index in [0.29, 0.717) is 34.2 Å². The second-order valence-electron chi connectivity index (χ2n) is 14.3. The Kier molecular flexibility index (Phi) is 9.50. The van der Waals surface area contributed by atoms with Crippen molar-refractivity contribution in [3.05, 3.63) is 139 Å². The van der Waals surface area contributed by atoms with Crippen molar-refractivity contribution >= 4 is 46.2 Å². The standard InChI is InChI=1S/C22H19NO3S.C19H16F3NO3S/c24-19-11-16(10-15-6-3-5-13-4-1-2-7-17(13)15)20(14-8-9-14)21-23(19)18(12-27-21)22(25)26;20-19(21,22)13-3-1-2-10(7-13)6-12-8-15(24)23-14(18(25)26)9-27-17(23)16(12)11-4-5-11/h1-7,11,14,18H,8-10,12H2,(H,25,26);1-3,7-8,11,14H,4-6,9H2,(H,25,26)/t18-;/m0./s1. The molecule has 2 N–H and O–H groups in total. The molecule has 1 unspecified atom stereocenters. The first kappa shape index (κ1) is 36.2. The molecule has 9 rings (SSSR count). The number of pyridine rings is 2. The number of halogens is 3.